The van der Waals surface area contributed by atoms with Crippen LogP contribution < -0.4 is 11.1 Å². The molecule has 3 N–H and O–H groups in total. The fourth-order valence-corrected chi connectivity index (χ4v) is 1.49. The van der Waals surface area contributed by atoms with Crippen molar-refractivity contribution < 1.29 is 0 Å². The standard InChI is InChI=1S/C11H18N2/c1-3-11(13-2)10-6-4-9(8-12)5-7-10/h4-7,11,13H,3,8,12H2,1-2H3. The maximum absolute atomic E-state index is 5.53. The summed E-state index contributed by atoms with van der Waals surface area (Å²) < 4.78 is 0. The molecule has 0 aliphatic carbocycles. The minimum atomic E-state index is 0.465. The summed E-state index contributed by atoms with van der Waals surface area (Å²) in [5.41, 5.74) is 8.05. The van der Waals surface area contributed by atoms with Crippen molar-refractivity contribution in [3.63, 3.8) is 0 Å². The molecule has 1 unspecified atom stereocenters. The van der Waals surface area contributed by atoms with Crippen LogP contribution >= 0.6 is 0 Å². The Labute approximate surface area is 80.1 Å². The Morgan fingerprint density at radius 2 is 1.92 bits per heavy atom. The fraction of sp³-hybridized carbons (Fsp3) is 0.455. The number of hydrogen-bond acceptors (Lipinski definition) is 2. The molecule has 0 aliphatic rings. The van der Waals surface area contributed by atoms with Gasteiger partial charge >= 0.3 is 0 Å². The van der Waals surface area contributed by atoms with Crippen LogP contribution in [0.15, 0.2) is 24.3 Å². The van der Waals surface area contributed by atoms with Gasteiger partial charge in [0, 0.05) is 12.6 Å². The maximum Gasteiger partial charge on any atom is 0.0314 e. The zero-order valence-corrected chi connectivity index (χ0v) is 8.38. The van der Waals surface area contributed by atoms with Crippen LogP contribution in [0, 0.1) is 0 Å². The summed E-state index contributed by atoms with van der Waals surface area (Å²) in [6.07, 6.45) is 1.11. The highest BCUT2D eigenvalue weighted by molar-refractivity contribution is 5.24. The van der Waals surface area contributed by atoms with Crippen LogP contribution in [-0.2, 0) is 6.54 Å². The van der Waals surface area contributed by atoms with E-state index < -0.39 is 0 Å². The summed E-state index contributed by atoms with van der Waals surface area (Å²) in [5, 5.41) is 3.27. The first-order chi connectivity index (χ1) is 6.31. The summed E-state index contributed by atoms with van der Waals surface area (Å²) in [6.45, 7) is 2.80. The minimum absolute atomic E-state index is 0.465. The number of hydrogen-bond donors (Lipinski definition) is 2. The third-order valence-corrected chi connectivity index (χ3v) is 2.37. The molecule has 0 bridgehead atoms. The lowest BCUT2D eigenvalue weighted by Gasteiger charge is -2.14. The van der Waals surface area contributed by atoms with Crippen LogP contribution in [-0.4, -0.2) is 7.05 Å². The summed E-state index contributed by atoms with van der Waals surface area (Å²) in [5.74, 6) is 0. The zero-order chi connectivity index (χ0) is 9.68. The normalized spacial score (nSPS) is 12.8. The molecule has 2 nitrogen and oxygen atoms in total. The topological polar surface area (TPSA) is 38.0 Å². The molecule has 0 radical (unpaired) electrons. The van der Waals surface area contributed by atoms with Gasteiger partial charge in [0.1, 0.15) is 0 Å². The summed E-state index contributed by atoms with van der Waals surface area (Å²) in [4.78, 5) is 0. The Morgan fingerprint density at radius 3 is 2.31 bits per heavy atom. The van der Waals surface area contributed by atoms with Gasteiger partial charge in [-0.15, -0.1) is 0 Å². The van der Waals surface area contributed by atoms with Gasteiger partial charge in [-0.2, -0.15) is 0 Å². The SMILES string of the molecule is CCC(NC)c1ccc(CN)cc1. The first kappa shape index (κ1) is 10.2. The Hall–Kier alpha value is -0.860. The number of nitrogens with one attached hydrogen (secondary N) is 1. The highest BCUT2D eigenvalue weighted by Gasteiger charge is 2.04. The van der Waals surface area contributed by atoms with Crippen molar-refractivity contribution in [3.05, 3.63) is 35.4 Å². The highest BCUT2D eigenvalue weighted by atomic mass is 14.9. The molecule has 1 aromatic carbocycles. The van der Waals surface area contributed by atoms with E-state index in [-0.39, 0.29) is 0 Å². The third-order valence-electron chi connectivity index (χ3n) is 2.37. The molecule has 0 fully saturated rings. The molecule has 0 saturated carbocycles. The first-order valence-corrected chi connectivity index (χ1v) is 4.78. The van der Waals surface area contributed by atoms with E-state index in [0.717, 1.165) is 6.42 Å². The molecule has 13 heavy (non-hydrogen) atoms. The Bertz CT molecular complexity index is 237. The van der Waals surface area contributed by atoms with E-state index in [2.05, 4.69) is 36.5 Å². The van der Waals surface area contributed by atoms with E-state index in [0.29, 0.717) is 12.6 Å². The second-order valence-electron chi connectivity index (χ2n) is 3.20. The summed E-state index contributed by atoms with van der Waals surface area (Å²) in [6, 6.07) is 8.94. The van der Waals surface area contributed by atoms with Crippen LogP contribution in [0.25, 0.3) is 0 Å². The fourth-order valence-electron chi connectivity index (χ4n) is 1.49. The molecule has 0 aliphatic heterocycles. The molecule has 0 amide bonds. The molecule has 1 rings (SSSR count). The smallest absolute Gasteiger partial charge is 0.0314 e. The maximum atomic E-state index is 5.53. The van der Waals surface area contributed by atoms with Gasteiger partial charge in [-0.1, -0.05) is 31.2 Å². The molecule has 1 atom stereocenters. The van der Waals surface area contributed by atoms with Gasteiger partial charge in [-0.25, -0.2) is 0 Å². The lowest BCUT2D eigenvalue weighted by molar-refractivity contribution is 0.577. The number of benzene rings is 1. The van der Waals surface area contributed by atoms with Crippen molar-refractivity contribution in [1.29, 1.82) is 0 Å². The van der Waals surface area contributed by atoms with Crippen LogP contribution in [0.2, 0.25) is 0 Å². The van der Waals surface area contributed by atoms with Crippen LogP contribution in [0.5, 0.6) is 0 Å². The predicted octanol–water partition coefficient (Wildman–Crippen LogP) is 1.82. The Morgan fingerprint density at radius 1 is 1.31 bits per heavy atom. The van der Waals surface area contributed by atoms with E-state index in [1.165, 1.54) is 11.1 Å². The molecule has 0 aromatic heterocycles. The zero-order valence-electron chi connectivity index (χ0n) is 8.38. The minimum Gasteiger partial charge on any atom is -0.326 e. The summed E-state index contributed by atoms with van der Waals surface area (Å²) in [7, 11) is 1.99. The third kappa shape index (κ3) is 2.54. The quantitative estimate of drug-likeness (QED) is 0.738. The lowest BCUT2D eigenvalue weighted by atomic mass is 10.0. The van der Waals surface area contributed by atoms with Gasteiger partial charge in [-0.05, 0) is 24.6 Å². The molecule has 0 spiro atoms. The molecular formula is C11H18N2. The van der Waals surface area contributed by atoms with Gasteiger partial charge in [-0.3, -0.25) is 0 Å². The van der Waals surface area contributed by atoms with Crippen LogP contribution in [0.4, 0.5) is 0 Å². The van der Waals surface area contributed by atoms with Crippen LogP contribution in [0.3, 0.4) is 0 Å². The van der Waals surface area contributed by atoms with Gasteiger partial charge in [0.05, 0.1) is 0 Å². The lowest BCUT2D eigenvalue weighted by Crippen LogP contribution is -2.15. The second kappa shape index (κ2) is 5.00. The summed E-state index contributed by atoms with van der Waals surface area (Å²) >= 11 is 0. The first-order valence-electron chi connectivity index (χ1n) is 4.78. The van der Waals surface area contributed by atoms with Crippen molar-refractivity contribution in [2.75, 3.05) is 7.05 Å². The van der Waals surface area contributed by atoms with E-state index in [1.54, 1.807) is 0 Å². The van der Waals surface area contributed by atoms with Crippen molar-refractivity contribution in [2.24, 2.45) is 5.73 Å². The van der Waals surface area contributed by atoms with E-state index >= 15 is 0 Å². The number of nitrogens with two attached hydrogens (primary N) is 1. The molecule has 1 aromatic rings. The highest BCUT2D eigenvalue weighted by Crippen LogP contribution is 2.16. The van der Waals surface area contributed by atoms with E-state index in [9.17, 15) is 0 Å². The molecule has 2 heteroatoms. The molecule has 0 heterocycles. The monoisotopic (exact) mass is 178 g/mol. The van der Waals surface area contributed by atoms with Gasteiger partial charge in [0.15, 0.2) is 0 Å². The van der Waals surface area contributed by atoms with Crippen LogP contribution in [0.1, 0.15) is 30.5 Å². The van der Waals surface area contributed by atoms with E-state index in [4.69, 9.17) is 5.73 Å². The van der Waals surface area contributed by atoms with E-state index in [1.807, 2.05) is 7.05 Å². The van der Waals surface area contributed by atoms with Crippen molar-refractivity contribution in [3.8, 4) is 0 Å². The average molecular weight is 178 g/mol. The van der Waals surface area contributed by atoms with Gasteiger partial charge in [0.2, 0.25) is 0 Å². The average Bonchev–Trinajstić information content (AvgIpc) is 2.21. The largest absolute Gasteiger partial charge is 0.326 e. The Balaban J connectivity index is 2.78. The second-order valence-corrected chi connectivity index (χ2v) is 3.20. The Kier molecular flexibility index (Phi) is 3.93. The molecule has 0 saturated heterocycles. The van der Waals surface area contributed by atoms with Gasteiger partial charge in [0.25, 0.3) is 0 Å². The number of rotatable bonds is 4. The van der Waals surface area contributed by atoms with Crippen molar-refractivity contribution in [2.45, 2.75) is 25.9 Å². The van der Waals surface area contributed by atoms with Gasteiger partial charge < -0.3 is 11.1 Å². The predicted molar refractivity (Wildman–Crippen MR) is 56.4 cm³/mol. The van der Waals surface area contributed by atoms with Crippen molar-refractivity contribution in [1.82, 2.24) is 5.32 Å². The molecular weight excluding hydrogens is 160 g/mol. The molecule has 72 valence electrons. The van der Waals surface area contributed by atoms with Crippen molar-refractivity contribution >= 4 is 0 Å².